The molecule has 90 valence electrons. The Morgan fingerprint density at radius 1 is 1.38 bits per heavy atom. The van der Waals surface area contributed by atoms with Crippen LogP contribution < -0.4 is 11.1 Å². The van der Waals surface area contributed by atoms with Gasteiger partial charge in [0.25, 0.3) is 0 Å². The third-order valence-electron chi connectivity index (χ3n) is 2.94. The van der Waals surface area contributed by atoms with Crippen LogP contribution >= 0.6 is 0 Å². The predicted octanol–water partition coefficient (Wildman–Crippen LogP) is 2.33. The summed E-state index contributed by atoms with van der Waals surface area (Å²) in [4.78, 5) is 2.32. The van der Waals surface area contributed by atoms with E-state index in [2.05, 4.69) is 37.2 Å². The van der Waals surface area contributed by atoms with Gasteiger partial charge < -0.3 is 16.0 Å². The van der Waals surface area contributed by atoms with Gasteiger partial charge in [-0.2, -0.15) is 0 Å². The minimum atomic E-state index is 0.593. The second kappa shape index (κ2) is 5.75. The zero-order valence-electron chi connectivity index (χ0n) is 10.7. The Hall–Kier alpha value is -1.22. The highest BCUT2D eigenvalue weighted by molar-refractivity contribution is 5.56. The van der Waals surface area contributed by atoms with E-state index in [1.165, 1.54) is 0 Å². The van der Waals surface area contributed by atoms with Gasteiger partial charge in [0.05, 0.1) is 0 Å². The number of aryl methyl sites for hydroxylation is 1. The lowest BCUT2D eigenvalue weighted by molar-refractivity contribution is 0.284. The summed E-state index contributed by atoms with van der Waals surface area (Å²) in [6.07, 6.45) is 0. The number of rotatable bonds is 5. The Bertz CT molecular complexity index is 334. The lowest BCUT2D eigenvalue weighted by Crippen LogP contribution is -2.31. The first-order valence-electron chi connectivity index (χ1n) is 5.81. The van der Waals surface area contributed by atoms with Crippen molar-refractivity contribution in [3.8, 4) is 0 Å². The van der Waals surface area contributed by atoms with Crippen molar-refractivity contribution in [2.24, 2.45) is 0 Å². The molecule has 0 radical (unpaired) electrons. The van der Waals surface area contributed by atoms with Crippen LogP contribution in [0.3, 0.4) is 0 Å². The zero-order chi connectivity index (χ0) is 12.1. The molecular weight excluding hydrogens is 198 g/mol. The minimum absolute atomic E-state index is 0.593. The van der Waals surface area contributed by atoms with Crippen molar-refractivity contribution in [1.29, 1.82) is 0 Å². The van der Waals surface area contributed by atoms with Crippen molar-refractivity contribution < 1.29 is 0 Å². The molecule has 0 amide bonds. The van der Waals surface area contributed by atoms with Crippen molar-refractivity contribution >= 4 is 11.4 Å². The number of anilines is 2. The summed E-state index contributed by atoms with van der Waals surface area (Å²) in [5.41, 5.74) is 8.89. The number of nitrogens with two attached hydrogens (primary N) is 1. The number of nitrogen functional groups attached to an aromatic ring is 1. The molecule has 1 aromatic rings. The quantitative estimate of drug-likeness (QED) is 0.750. The molecule has 0 atom stereocenters. The number of likely N-dealkylation sites (N-methyl/N-ethyl adjacent to an activating group) is 1. The molecule has 0 aliphatic rings. The molecule has 0 aromatic heterocycles. The van der Waals surface area contributed by atoms with Crippen LogP contribution in [0.1, 0.15) is 19.4 Å². The van der Waals surface area contributed by atoms with Gasteiger partial charge in [-0.25, -0.2) is 0 Å². The van der Waals surface area contributed by atoms with E-state index in [-0.39, 0.29) is 0 Å². The Labute approximate surface area is 98.6 Å². The molecule has 3 N–H and O–H groups in total. The average molecular weight is 221 g/mol. The van der Waals surface area contributed by atoms with E-state index in [4.69, 9.17) is 5.73 Å². The lowest BCUT2D eigenvalue weighted by atomic mass is 10.2. The fourth-order valence-corrected chi connectivity index (χ4v) is 1.42. The van der Waals surface area contributed by atoms with Gasteiger partial charge in [-0.1, -0.05) is 0 Å². The summed E-state index contributed by atoms with van der Waals surface area (Å²) in [6.45, 7) is 8.43. The van der Waals surface area contributed by atoms with E-state index >= 15 is 0 Å². The van der Waals surface area contributed by atoms with Crippen LogP contribution in [0.2, 0.25) is 0 Å². The van der Waals surface area contributed by atoms with Crippen molar-refractivity contribution in [3.05, 3.63) is 23.8 Å². The monoisotopic (exact) mass is 221 g/mol. The zero-order valence-corrected chi connectivity index (χ0v) is 10.7. The smallest absolute Gasteiger partial charge is 0.0345 e. The van der Waals surface area contributed by atoms with Gasteiger partial charge in [0.2, 0.25) is 0 Å². The summed E-state index contributed by atoms with van der Waals surface area (Å²) >= 11 is 0. The first-order chi connectivity index (χ1) is 7.50. The normalized spacial score (nSPS) is 11.1. The molecule has 0 bridgehead atoms. The number of hydrogen-bond acceptors (Lipinski definition) is 3. The molecule has 0 spiro atoms. The third-order valence-corrected chi connectivity index (χ3v) is 2.94. The van der Waals surface area contributed by atoms with Crippen LogP contribution in [-0.4, -0.2) is 31.1 Å². The topological polar surface area (TPSA) is 41.3 Å². The van der Waals surface area contributed by atoms with Crippen LogP contribution in [0.4, 0.5) is 11.4 Å². The lowest BCUT2D eigenvalue weighted by Gasteiger charge is -2.21. The standard InChI is InChI=1S/C13H23N3/c1-10(2)16(4)8-7-15-12-5-6-13(14)11(3)9-12/h5-6,9-10,15H,7-8,14H2,1-4H3. The van der Waals surface area contributed by atoms with Crippen molar-refractivity contribution in [1.82, 2.24) is 4.90 Å². The highest BCUT2D eigenvalue weighted by Gasteiger charge is 2.02. The molecule has 3 nitrogen and oxygen atoms in total. The van der Waals surface area contributed by atoms with Crippen LogP contribution in [0.5, 0.6) is 0 Å². The van der Waals surface area contributed by atoms with Gasteiger partial charge >= 0.3 is 0 Å². The van der Waals surface area contributed by atoms with Crippen LogP contribution in [0, 0.1) is 6.92 Å². The van der Waals surface area contributed by atoms with Gasteiger partial charge in [-0.3, -0.25) is 0 Å². The molecule has 1 rings (SSSR count). The number of nitrogens with zero attached hydrogens (tertiary/aromatic N) is 1. The molecule has 0 aliphatic heterocycles. The van der Waals surface area contributed by atoms with E-state index in [1.807, 2.05) is 19.1 Å². The molecule has 0 heterocycles. The summed E-state index contributed by atoms with van der Waals surface area (Å²) in [7, 11) is 2.14. The van der Waals surface area contributed by atoms with E-state index in [0.717, 1.165) is 30.0 Å². The van der Waals surface area contributed by atoms with E-state index in [9.17, 15) is 0 Å². The van der Waals surface area contributed by atoms with Gasteiger partial charge in [-0.05, 0) is 51.6 Å². The second-order valence-electron chi connectivity index (χ2n) is 4.57. The molecule has 3 heteroatoms. The number of benzene rings is 1. The fourth-order valence-electron chi connectivity index (χ4n) is 1.42. The molecule has 0 saturated carbocycles. The number of nitrogens with one attached hydrogen (secondary N) is 1. The van der Waals surface area contributed by atoms with E-state index in [1.54, 1.807) is 0 Å². The van der Waals surface area contributed by atoms with E-state index in [0.29, 0.717) is 6.04 Å². The largest absolute Gasteiger partial charge is 0.399 e. The number of hydrogen-bond donors (Lipinski definition) is 2. The Morgan fingerprint density at radius 2 is 2.06 bits per heavy atom. The Balaban J connectivity index is 2.40. The first kappa shape index (κ1) is 12.8. The second-order valence-corrected chi connectivity index (χ2v) is 4.57. The molecule has 0 unspecified atom stereocenters. The highest BCUT2D eigenvalue weighted by atomic mass is 15.1. The Kier molecular flexibility index (Phi) is 4.62. The average Bonchev–Trinajstić information content (AvgIpc) is 2.23. The van der Waals surface area contributed by atoms with E-state index < -0.39 is 0 Å². The molecule has 16 heavy (non-hydrogen) atoms. The molecule has 1 aromatic carbocycles. The minimum Gasteiger partial charge on any atom is -0.399 e. The van der Waals surface area contributed by atoms with Crippen LogP contribution in [-0.2, 0) is 0 Å². The summed E-state index contributed by atoms with van der Waals surface area (Å²) in [5.74, 6) is 0. The summed E-state index contributed by atoms with van der Waals surface area (Å²) < 4.78 is 0. The highest BCUT2D eigenvalue weighted by Crippen LogP contribution is 2.16. The van der Waals surface area contributed by atoms with Crippen molar-refractivity contribution in [2.45, 2.75) is 26.8 Å². The third kappa shape index (κ3) is 3.74. The van der Waals surface area contributed by atoms with Gasteiger partial charge in [-0.15, -0.1) is 0 Å². The molecular formula is C13H23N3. The van der Waals surface area contributed by atoms with Gasteiger partial charge in [0.15, 0.2) is 0 Å². The SMILES string of the molecule is Cc1cc(NCCN(C)C(C)C)ccc1N. The fraction of sp³-hybridized carbons (Fsp3) is 0.538. The van der Waals surface area contributed by atoms with Crippen molar-refractivity contribution in [2.75, 3.05) is 31.2 Å². The molecule has 0 aliphatic carbocycles. The summed E-state index contributed by atoms with van der Waals surface area (Å²) in [5, 5.41) is 3.40. The van der Waals surface area contributed by atoms with Crippen LogP contribution in [0.15, 0.2) is 18.2 Å². The van der Waals surface area contributed by atoms with Crippen molar-refractivity contribution in [3.63, 3.8) is 0 Å². The maximum absolute atomic E-state index is 5.77. The molecule has 0 saturated heterocycles. The predicted molar refractivity (Wildman–Crippen MR) is 71.8 cm³/mol. The van der Waals surface area contributed by atoms with Gasteiger partial charge in [0, 0.05) is 30.5 Å². The maximum Gasteiger partial charge on any atom is 0.0345 e. The van der Waals surface area contributed by atoms with Gasteiger partial charge in [0.1, 0.15) is 0 Å². The first-order valence-corrected chi connectivity index (χ1v) is 5.81. The molecule has 0 fully saturated rings. The Morgan fingerprint density at radius 3 is 2.62 bits per heavy atom. The maximum atomic E-state index is 5.77. The summed E-state index contributed by atoms with van der Waals surface area (Å²) in [6, 6.07) is 6.65. The van der Waals surface area contributed by atoms with Crippen LogP contribution in [0.25, 0.3) is 0 Å².